The number of alkyl carbamates (subject to hydrolysis) is 1. The van der Waals surface area contributed by atoms with Crippen molar-refractivity contribution in [3.8, 4) is 5.75 Å². The summed E-state index contributed by atoms with van der Waals surface area (Å²) in [6.45, 7) is 10.9. The van der Waals surface area contributed by atoms with Gasteiger partial charge in [0.2, 0.25) is 17.7 Å². The molecule has 2 unspecified atom stereocenters. The highest BCUT2D eigenvalue weighted by molar-refractivity contribution is 5.94. The normalized spacial score (nSPS) is 13.0. The molecule has 0 spiro atoms. The fourth-order valence-electron chi connectivity index (χ4n) is 3.62. The Labute approximate surface area is 213 Å². The Bertz CT molecular complexity index is 879. The first-order chi connectivity index (χ1) is 16.7. The van der Waals surface area contributed by atoms with Gasteiger partial charge in [0.25, 0.3) is 0 Å². The van der Waals surface area contributed by atoms with E-state index in [1.54, 1.807) is 46.8 Å². The van der Waals surface area contributed by atoms with Gasteiger partial charge in [-0.15, -0.1) is 0 Å². The quantitative estimate of drug-likeness (QED) is 0.302. The average Bonchev–Trinajstić information content (AvgIpc) is 2.73. The first-order valence-electron chi connectivity index (χ1n) is 12.4. The maximum Gasteiger partial charge on any atom is 0.408 e. The van der Waals surface area contributed by atoms with Crippen LogP contribution in [0.3, 0.4) is 0 Å². The third kappa shape index (κ3) is 11.0. The van der Waals surface area contributed by atoms with Crippen molar-refractivity contribution >= 4 is 23.8 Å². The molecule has 1 aromatic carbocycles. The first-order valence-corrected chi connectivity index (χ1v) is 12.4. The van der Waals surface area contributed by atoms with E-state index in [4.69, 9.17) is 10.5 Å². The van der Waals surface area contributed by atoms with Crippen LogP contribution in [0.5, 0.6) is 5.75 Å². The van der Waals surface area contributed by atoms with Crippen LogP contribution in [0.4, 0.5) is 4.79 Å². The van der Waals surface area contributed by atoms with Gasteiger partial charge in [-0.25, -0.2) is 4.79 Å². The Morgan fingerprint density at radius 1 is 1.03 bits per heavy atom. The van der Waals surface area contributed by atoms with E-state index in [1.165, 1.54) is 17.0 Å². The van der Waals surface area contributed by atoms with Gasteiger partial charge in [0.05, 0.1) is 6.42 Å². The number of carbonyl (C=O) groups excluding carboxylic acids is 4. The van der Waals surface area contributed by atoms with Crippen LogP contribution in [0.1, 0.15) is 85.3 Å². The number of phenolic OH excluding ortho intramolecular Hbond substituents is 1. The van der Waals surface area contributed by atoms with E-state index in [9.17, 15) is 24.3 Å². The third-order valence-electron chi connectivity index (χ3n) is 5.13. The smallest absolute Gasteiger partial charge is 0.408 e. The molecule has 0 radical (unpaired) electrons. The Kier molecular flexibility index (Phi) is 12.2. The molecule has 0 aromatic heterocycles. The fraction of sp³-hybridized carbons (Fsp3) is 0.615. The number of aromatic hydroxyl groups is 1. The number of unbranched alkanes of at least 4 members (excludes halogenated alkanes) is 3. The second-order valence-electron chi connectivity index (χ2n) is 10.1. The first kappa shape index (κ1) is 30.7. The van der Waals surface area contributed by atoms with Crippen molar-refractivity contribution in [2.75, 3.05) is 6.54 Å². The Morgan fingerprint density at radius 3 is 2.14 bits per heavy atom. The van der Waals surface area contributed by atoms with E-state index in [-0.39, 0.29) is 18.3 Å². The van der Waals surface area contributed by atoms with Gasteiger partial charge < -0.3 is 31.1 Å². The van der Waals surface area contributed by atoms with Crippen LogP contribution in [0.15, 0.2) is 24.3 Å². The van der Waals surface area contributed by atoms with Gasteiger partial charge in [-0.1, -0.05) is 38.3 Å². The van der Waals surface area contributed by atoms with E-state index in [0.29, 0.717) is 12.0 Å². The molecule has 202 valence electrons. The lowest BCUT2D eigenvalue weighted by Crippen LogP contribution is -2.54. The van der Waals surface area contributed by atoms with Crippen LogP contribution in [-0.4, -0.2) is 58.1 Å². The molecule has 0 heterocycles. The molecule has 36 heavy (non-hydrogen) atoms. The summed E-state index contributed by atoms with van der Waals surface area (Å²) in [6, 6.07) is 3.42. The molecule has 2 atom stereocenters. The number of hydrogen-bond acceptors (Lipinski definition) is 6. The lowest BCUT2D eigenvalue weighted by atomic mass is 10.0. The number of amides is 4. The standard InChI is InChI=1S/C26H42N4O6/c1-7-8-9-10-15-30(22(23(33)28-17(2)3)18-11-13-19(31)14-12-18)24(34)20(16-21(27)32)29-25(35)36-26(4,5)6/h11-14,17,20,22,31H,7-10,15-16H2,1-6H3,(H2,27,32)(H,28,33)(H,29,35). The van der Waals surface area contributed by atoms with E-state index in [0.717, 1.165) is 19.3 Å². The Morgan fingerprint density at radius 2 is 1.64 bits per heavy atom. The number of nitrogens with zero attached hydrogens (tertiary/aromatic N) is 1. The van der Waals surface area contributed by atoms with Gasteiger partial charge in [0.15, 0.2) is 0 Å². The zero-order valence-corrected chi connectivity index (χ0v) is 22.3. The van der Waals surface area contributed by atoms with Crippen LogP contribution in [-0.2, 0) is 19.1 Å². The fourth-order valence-corrected chi connectivity index (χ4v) is 3.62. The molecular weight excluding hydrogens is 464 g/mol. The van der Waals surface area contributed by atoms with E-state index < -0.39 is 47.9 Å². The molecular formula is C26H42N4O6. The summed E-state index contributed by atoms with van der Waals surface area (Å²) >= 11 is 0. The minimum atomic E-state index is -1.32. The van der Waals surface area contributed by atoms with Crippen molar-refractivity contribution in [1.82, 2.24) is 15.5 Å². The number of nitrogens with one attached hydrogen (secondary N) is 2. The van der Waals surface area contributed by atoms with Gasteiger partial charge in [-0.3, -0.25) is 14.4 Å². The van der Waals surface area contributed by atoms with E-state index in [2.05, 4.69) is 17.6 Å². The highest BCUT2D eigenvalue weighted by Gasteiger charge is 2.37. The molecule has 10 nitrogen and oxygen atoms in total. The van der Waals surface area contributed by atoms with Crippen molar-refractivity contribution < 1.29 is 29.0 Å². The lowest BCUT2D eigenvalue weighted by Gasteiger charge is -2.34. The highest BCUT2D eigenvalue weighted by atomic mass is 16.6. The van der Waals surface area contributed by atoms with Gasteiger partial charge in [-0.05, 0) is 58.7 Å². The predicted octanol–water partition coefficient (Wildman–Crippen LogP) is 3.14. The minimum absolute atomic E-state index is 0.0146. The number of phenols is 1. The second kappa shape index (κ2) is 14.3. The number of benzene rings is 1. The van der Waals surface area contributed by atoms with Gasteiger partial charge in [0, 0.05) is 12.6 Å². The molecule has 0 aliphatic rings. The largest absolute Gasteiger partial charge is 0.508 e. The summed E-state index contributed by atoms with van der Waals surface area (Å²) in [5.74, 6) is -1.83. The van der Waals surface area contributed by atoms with Crippen molar-refractivity contribution in [1.29, 1.82) is 0 Å². The topological polar surface area (TPSA) is 151 Å². The molecule has 0 saturated carbocycles. The van der Waals surface area contributed by atoms with Crippen LogP contribution < -0.4 is 16.4 Å². The van der Waals surface area contributed by atoms with Crippen molar-refractivity contribution in [3.63, 3.8) is 0 Å². The molecule has 4 amide bonds. The lowest BCUT2D eigenvalue weighted by molar-refractivity contribution is -0.143. The van der Waals surface area contributed by atoms with Gasteiger partial charge in [0.1, 0.15) is 23.4 Å². The van der Waals surface area contributed by atoms with Crippen molar-refractivity contribution in [3.05, 3.63) is 29.8 Å². The predicted molar refractivity (Wildman–Crippen MR) is 137 cm³/mol. The zero-order chi connectivity index (χ0) is 27.5. The molecule has 1 aromatic rings. The molecule has 0 bridgehead atoms. The van der Waals surface area contributed by atoms with Crippen LogP contribution >= 0.6 is 0 Å². The molecule has 0 aliphatic heterocycles. The Hall–Kier alpha value is -3.30. The minimum Gasteiger partial charge on any atom is -0.508 e. The van der Waals surface area contributed by atoms with Crippen LogP contribution in [0, 0.1) is 0 Å². The molecule has 5 N–H and O–H groups in total. The highest BCUT2D eigenvalue weighted by Crippen LogP contribution is 2.26. The summed E-state index contributed by atoms with van der Waals surface area (Å²) in [5, 5.41) is 15.1. The Balaban J connectivity index is 3.45. The number of nitrogens with two attached hydrogens (primary N) is 1. The van der Waals surface area contributed by atoms with Gasteiger partial charge >= 0.3 is 6.09 Å². The zero-order valence-electron chi connectivity index (χ0n) is 22.3. The number of rotatable bonds is 13. The molecule has 1 rings (SSSR count). The summed E-state index contributed by atoms with van der Waals surface area (Å²) in [5.41, 5.74) is 5.05. The molecule has 0 fully saturated rings. The molecule has 0 aliphatic carbocycles. The third-order valence-corrected chi connectivity index (χ3v) is 5.13. The van der Waals surface area contributed by atoms with Gasteiger partial charge in [-0.2, -0.15) is 0 Å². The average molecular weight is 507 g/mol. The maximum absolute atomic E-state index is 13.8. The second-order valence-corrected chi connectivity index (χ2v) is 10.1. The molecule has 0 saturated heterocycles. The number of hydrogen-bond donors (Lipinski definition) is 4. The summed E-state index contributed by atoms with van der Waals surface area (Å²) in [4.78, 5) is 52.8. The van der Waals surface area contributed by atoms with E-state index in [1.807, 2.05) is 0 Å². The van der Waals surface area contributed by atoms with Crippen molar-refractivity contribution in [2.24, 2.45) is 5.73 Å². The summed E-state index contributed by atoms with van der Waals surface area (Å²) in [7, 11) is 0. The van der Waals surface area contributed by atoms with Crippen LogP contribution in [0.2, 0.25) is 0 Å². The van der Waals surface area contributed by atoms with E-state index >= 15 is 0 Å². The SMILES string of the molecule is CCCCCCN(C(=O)C(CC(N)=O)NC(=O)OC(C)(C)C)C(C(=O)NC(C)C)c1ccc(O)cc1. The monoisotopic (exact) mass is 506 g/mol. The summed E-state index contributed by atoms with van der Waals surface area (Å²) in [6.07, 6.45) is 2.03. The number of ether oxygens (including phenoxy) is 1. The van der Waals surface area contributed by atoms with Crippen LogP contribution in [0.25, 0.3) is 0 Å². The van der Waals surface area contributed by atoms with Crippen molar-refractivity contribution in [2.45, 2.75) is 97.4 Å². The summed E-state index contributed by atoms with van der Waals surface area (Å²) < 4.78 is 5.27. The number of carbonyl (C=O) groups is 4. The molecule has 10 heteroatoms. The maximum atomic E-state index is 13.8. The number of primary amides is 1.